The Morgan fingerprint density at radius 1 is 1.30 bits per heavy atom. The summed E-state index contributed by atoms with van der Waals surface area (Å²) in [5.74, 6) is 1.00. The van der Waals surface area contributed by atoms with Crippen LogP contribution in [0.4, 0.5) is 4.39 Å². The van der Waals surface area contributed by atoms with Crippen molar-refractivity contribution in [2.24, 2.45) is 0 Å². The van der Waals surface area contributed by atoms with E-state index in [2.05, 4.69) is 32.2 Å². The van der Waals surface area contributed by atoms with Crippen LogP contribution in [-0.4, -0.2) is 28.0 Å². The van der Waals surface area contributed by atoms with Crippen LogP contribution in [0.15, 0.2) is 18.2 Å². The van der Waals surface area contributed by atoms with E-state index < -0.39 is 0 Å². The van der Waals surface area contributed by atoms with Gasteiger partial charge in [0, 0.05) is 27.5 Å². The van der Waals surface area contributed by atoms with Crippen LogP contribution in [0.3, 0.4) is 0 Å². The molecule has 0 aromatic heterocycles. The summed E-state index contributed by atoms with van der Waals surface area (Å²) in [6, 6.07) is 5.64. The Morgan fingerprint density at radius 3 is 2.65 bits per heavy atom. The third-order valence-corrected chi connectivity index (χ3v) is 7.29. The minimum atomic E-state index is -0.127. The molecular weight excluding hydrogens is 289 g/mol. The maximum Gasteiger partial charge on any atom is 0.123 e. The fourth-order valence-corrected chi connectivity index (χ4v) is 5.73. The van der Waals surface area contributed by atoms with Crippen LogP contribution in [0.1, 0.15) is 37.9 Å². The molecular formula is C16H24FNS2. The Bertz CT molecular complexity index is 432. The molecule has 0 spiro atoms. The Morgan fingerprint density at radius 2 is 2.05 bits per heavy atom. The predicted molar refractivity (Wildman–Crippen MR) is 90.3 cm³/mol. The summed E-state index contributed by atoms with van der Waals surface area (Å²) in [6.07, 6.45) is 0. The lowest BCUT2D eigenvalue weighted by Crippen LogP contribution is -2.37. The second-order valence-electron chi connectivity index (χ2n) is 5.52. The number of thioether (sulfide) groups is 2. The molecule has 0 bridgehead atoms. The van der Waals surface area contributed by atoms with Gasteiger partial charge in [0.15, 0.2) is 0 Å². The van der Waals surface area contributed by atoms with Crippen molar-refractivity contribution >= 4 is 23.5 Å². The molecule has 1 aliphatic heterocycles. The summed E-state index contributed by atoms with van der Waals surface area (Å²) in [5, 5.41) is 5.41. The first-order chi connectivity index (χ1) is 9.51. The van der Waals surface area contributed by atoms with E-state index >= 15 is 0 Å². The van der Waals surface area contributed by atoms with Crippen molar-refractivity contribution in [2.75, 3.05) is 12.3 Å². The SMILES string of the molecule is CCNC(c1cc(C)cc(F)c1)C1CSC(C)C(C)S1. The van der Waals surface area contributed by atoms with Gasteiger partial charge in [-0.25, -0.2) is 4.39 Å². The zero-order valence-corrected chi connectivity index (χ0v) is 14.3. The van der Waals surface area contributed by atoms with Crippen molar-refractivity contribution < 1.29 is 4.39 Å². The Labute approximate surface area is 130 Å². The van der Waals surface area contributed by atoms with Gasteiger partial charge in [-0.05, 0) is 36.7 Å². The fourth-order valence-electron chi connectivity index (χ4n) is 2.61. The van der Waals surface area contributed by atoms with Crippen LogP contribution < -0.4 is 5.32 Å². The monoisotopic (exact) mass is 313 g/mol. The molecule has 1 nitrogen and oxygen atoms in total. The molecule has 1 aromatic rings. The van der Waals surface area contributed by atoms with Crippen molar-refractivity contribution in [3.05, 3.63) is 35.1 Å². The van der Waals surface area contributed by atoms with Gasteiger partial charge in [0.25, 0.3) is 0 Å². The highest BCUT2D eigenvalue weighted by Crippen LogP contribution is 2.41. The molecule has 20 heavy (non-hydrogen) atoms. The molecule has 4 atom stereocenters. The van der Waals surface area contributed by atoms with Gasteiger partial charge >= 0.3 is 0 Å². The van der Waals surface area contributed by atoms with Crippen molar-refractivity contribution in [3.8, 4) is 0 Å². The summed E-state index contributed by atoms with van der Waals surface area (Å²) < 4.78 is 13.7. The van der Waals surface area contributed by atoms with Crippen molar-refractivity contribution in [1.29, 1.82) is 0 Å². The van der Waals surface area contributed by atoms with Gasteiger partial charge in [-0.3, -0.25) is 0 Å². The van der Waals surface area contributed by atoms with Crippen LogP contribution in [0.5, 0.6) is 0 Å². The lowest BCUT2D eigenvalue weighted by atomic mass is 10.0. The number of rotatable bonds is 4. The minimum Gasteiger partial charge on any atom is -0.309 e. The van der Waals surface area contributed by atoms with Crippen LogP contribution in [0.2, 0.25) is 0 Å². The third kappa shape index (κ3) is 3.92. The zero-order valence-electron chi connectivity index (χ0n) is 12.7. The van der Waals surface area contributed by atoms with Crippen LogP contribution in [0, 0.1) is 12.7 Å². The van der Waals surface area contributed by atoms with E-state index in [1.165, 1.54) is 0 Å². The van der Waals surface area contributed by atoms with Gasteiger partial charge < -0.3 is 5.32 Å². The van der Waals surface area contributed by atoms with Crippen LogP contribution >= 0.6 is 23.5 Å². The van der Waals surface area contributed by atoms with E-state index in [9.17, 15) is 4.39 Å². The summed E-state index contributed by atoms with van der Waals surface area (Å²) in [5.41, 5.74) is 2.09. The molecule has 4 heteroatoms. The molecule has 1 saturated heterocycles. The maximum absolute atomic E-state index is 13.7. The van der Waals surface area contributed by atoms with Crippen LogP contribution in [-0.2, 0) is 0 Å². The molecule has 112 valence electrons. The highest BCUT2D eigenvalue weighted by atomic mass is 32.2. The first-order valence-electron chi connectivity index (χ1n) is 7.28. The van der Waals surface area contributed by atoms with E-state index in [-0.39, 0.29) is 11.9 Å². The molecule has 0 aliphatic carbocycles. The lowest BCUT2D eigenvalue weighted by Gasteiger charge is -2.36. The first kappa shape index (κ1) is 16.2. The second kappa shape index (κ2) is 7.19. The number of hydrogen-bond acceptors (Lipinski definition) is 3. The first-order valence-corrected chi connectivity index (χ1v) is 9.28. The highest BCUT2D eigenvalue weighted by molar-refractivity contribution is 8.07. The Hall–Kier alpha value is -0.190. The third-order valence-electron chi connectivity index (χ3n) is 3.79. The number of aryl methyl sites for hydroxylation is 1. The number of halogens is 1. The molecule has 1 aliphatic rings. The van der Waals surface area contributed by atoms with Gasteiger partial charge in [-0.2, -0.15) is 23.5 Å². The molecule has 1 fully saturated rings. The Balaban J connectivity index is 2.22. The Kier molecular flexibility index (Phi) is 5.82. The minimum absolute atomic E-state index is 0.127. The largest absolute Gasteiger partial charge is 0.309 e. The van der Waals surface area contributed by atoms with Gasteiger partial charge in [0.1, 0.15) is 5.82 Å². The van der Waals surface area contributed by atoms with Gasteiger partial charge in [0.05, 0.1) is 0 Å². The number of hydrogen-bond donors (Lipinski definition) is 1. The van der Waals surface area contributed by atoms with Crippen molar-refractivity contribution in [1.82, 2.24) is 5.32 Å². The quantitative estimate of drug-likeness (QED) is 0.884. The average molecular weight is 314 g/mol. The molecule has 0 saturated carbocycles. The smallest absolute Gasteiger partial charge is 0.123 e. The molecule has 1 aromatic carbocycles. The van der Waals surface area contributed by atoms with Gasteiger partial charge in [-0.15, -0.1) is 0 Å². The summed E-state index contributed by atoms with van der Waals surface area (Å²) in [6.45, 7) is 9.59. The molecule has 1 heterocycles. The molecule has 0 radical (unpaired) electrons. The number of nitrogens with one attached hydrogen (secondary N) is 1. The van der Waals surface area contributed by atoms with Crippen LogP contribution in [0.25, 0.3) is 0 Å². The topological polar surface area (TPSA) is 12.0 Å². The van der Waals surface area contributed by atoms with E-state index in [0.717, 1.165) is 23.4 Å². The van der Waals surface area contributed by atoms with Gasteiger partial charge in [0.2, 0.25) is 0 Å². The fraction of sp³-hybridized carbons (Fsp3) is 0.625. The summed E-state index contributed by atoms with van der Waals surface area (Å²) in [4.78, 5) is 0. The van der Waals surface area contributed by atoms with E-state index in [1.54, 1.807) is 12.1 Å². The van der Waals surface area contributed by atoms with Crippen molar-refractivity contribution in [2.45, 2.75) is 49.5 Å². The normalized spacial score (nSPS) is 28.4. The predicted octanol–water partition coefficient (Wildman–Crippen LogP) is 4.41. The summed E-state index contributed by atoms with van der Waals surface area (Å²) >= 11 is 4.08. The highest BCUT2D eigenvalue weighted by Gasteiger charge is 2.31. The van der Waals surface area contributed by atoms with E-state index in [1.807, 2.05) is 30.4 Å². The van der Waals surface area contributed by atoms with E-state index in [0.29, 0.717) is 15.7 Å². The number of benzene rings is 1. The molecule has 4 unspecified atom stereocenters. The van der Waals surface area contributed by atoms with Gasteiger partial charge in [-0.1, -0.05) is 26.8 Å². The molecule has 2 rings (SSSR count). The molecule has 0 amide bonds. The standard InChI is InChI=1S/C16H24FNS2/c1-5-18-16(13-6-10(2)7-14(17)8-13)15-9-19-11(3)12(4)20-15/h6-8,11-12,15-16,18H,5,9H2,1-4H3. The van der Waals surface area contributed by atoms with Crippen molar-refractivity contribution in [3.63, 3.8) is 0 Å². The lowest BCUT2D eigenvalue weighted by molar-refractivity contribution is 0.540. The summed E-state index contributed by atoms with van der Waals surface area (Å²) in [7, 11) is 0. The molecule has 1 N–H and O–H groups in total. The second-order valence-corrected chi connectivity index (χ2v) is 8.55. The maximum atomic E-state index is 13.7. The zero-order chi connectivity index (χ0) is 14.7. The average Bonchev–Trinajstić information content (AvgIpc) is 2.38. The van der Waals surface area contributed by atoms with E-state index in [4.69, 9.17) is 0 Å².